The van der Waals surface area contributed by atoms with Gasteiger partial charge in [0.2, 0.25) is 0 Å². The van der Waals surface area contributed by atoms with Gasteiger partial charge in [-0.2, -0.15) is 13.2 Å². The van der Waals surface area contributed by atoms with Crippen LogP contribution in [0.4, 0.5) is 13.2 Å². The van der Waals surface area contributed by atoms with Gasteiger partial charge in [-0.05, 0) is 49.8 Å². The molecular weight excluding hydrogens is 263 g/mol. The molecule has 1 unspecified atom stereocenters. The molecule has 0 aliphatic carbocycles. The van der Waals surface area contributed by atoms with Crippen LogP contribution in [-0.2, 0) is 12.6 Å². The summed E-state index contributed by atoms with van der Waals surface area (Å²) in [4.78, 5) is 0. The summed E-state index contributed by atoms with van der Waals surface area (Å²) in [7, 11) is 0. The molecular formula is C16H22F3N. The molecule has 1 aromatic carbocycles. The third kappa shape index (κ3) is 3.54. The van der Waals surface area contributed by atoms with E-state index in [0.717, 1.165) is 25.8 Å². The van der Waals surface area contributed by atoms with Gasteiger partial charge < -0.3 is 5.32 Å². The van der Waals surface area contributed by atoms with E-state index >= 15 is 0 Å². The first-order chi connectivity index (χ1) is 9.32. The molecule has 1 fully saturated rings. The number of alkyl halides is 3. The van der Waals surface area contributed by atoms with Crippen molar-refractivity contribution in [3.8, 4) is 0 Å². The molecule has 1 aliphatic rings. The van der Waals surface area contributed by atoms with Crippen LogP contribution in [0.3, 0.4) is 0 Å². The Bertz CT molecular complexity index is 445. The van der Waals surface area contributed by atoms with Gasteiger partial charge in [0.1, 0.15) is 0 Å². The van der Waals surface area contributed by atoms with E-state index in [0.29, 0.717) is 17.9 Å². The molecule has 0 amide bonds. The van der Waals surface area contributed by atoms with E-state index in [1.165, 1.54) is 12.1 Å². The van der Waals surface area contributed by atoms with E-state index < -0.39 is 11.7 Å². The second-order valence-electron chi connectivity index (χ2n) is 6.24. The van der Waals surface area contributed by atoms with Gasteiger partial charge in [0.05, 0.1) is 5.56 Å². The van der Waals surface area contributed by atoms with Crippen molar-refractivity contribution < 1.29 is 13.2 Å². The summed E-state index contributed by atoms with van der Waals surface area (Å²) < 4.78 is 39.3. The molecule has 20 heavy (non-hydrogen) atoms. The summed E-state index contributed by atoms with van der Waals surface area (Å²) in [5, 5.41) is 3.46. The molecule has 1 aliphatic heterocycles. The number of benzene rings is 1. The lowest BCUT2D eigenvalue weighted by atomic mass is 9.81. The standard InChI is InChI=1S/C16H22F3N/c1-12(2)10-15(8-5-9-20-15)11-13-6-3-4-7-14(13)16(17,18)19/h3-4,6-7,12,20H,5,8-11H2,1-2H3. The van der Waals surface area contributed by atoms with Gasteiger partial charge in [-0.15, -0.1) is 0 Å². The van der Waals surface area contributed by atoms with E-state index in [-0.39, 0.29) is 5.54 Å². The van der Waals surface area contributed by atoms with Crippen LogP contribution in [0.5, 0.6) is 0 Å². The number of rotatable bonds is 4. The first-order valence-corrected chi connectivity index (χ1v) is 7.23. The summed E-state index contributed by atoms with van der Waals surface area (Å²) in [5.74, 6) is 0.471. The Morgan fingerprint density at radius 1 is 1.25 bits per heavy atom. The zero-order valence-electron chi connectivity index (χ0n) is 12.1. The van der Waals surface area contributed by atoms with Gasteiger partial charge in [-0.25, -0.2) is 0 Å². The van der Waals surface area contributed by atoms with E-state index in [1.54, 1.807) is 12.1 Å². The normalized spacial score (nSPS) is 23.5. The molecule has 1 saturated heterocycles. The van der Waals surface area contributed by atoms with Crippen molar-refractivity contribution in [2.24, 2.45) is 5.92 Å². The third-order valence-corrected chi connectivity index (χ3v) is 3.98. The van der Waals surface area contributed by atoms with Crippen LogP contribution >= 0.6 is 0 Å². The minimum absolute atomic E-state index is 0.171. The number of nitrogens with one attached hydrogen (secondary N) is 1. The monoisotopic (exact) mass is 285 g/mol. The quantitative estimate of drug-likeness (QED) is 0.863. The zero-order valence-corrected chi connectivity index (χ0v) is 12.1. The van der Waals surface area contributed by atoms with Crippen molar-refractivity contribution in [1.82, 2.24) is 5.32 Å². The fourth-order valence-corrected chi connectivity index (χ4v) is 3.36. The lowest BCUT2D eigenvalue weighted by Crippen LogP contribution is -2.43. The Morgan fingerprint density at radius 2 is 1.95 bits per heavy atom. The average molecular weight is 285 g/mol. The molecule has 112 valence electrons. The Balaban J connectivity index is 2.28. The first kappa shape index (κ1) is 15.4. The molecule has 1 N–H and O–H groups in total. The predicted octanol–water partition coefficient (Wildman–Crippen LogP) is 4.42. The summed E-state index contributed by atoms with van der Waals surface area (Å²) in [6, 6.07) is 5.96. The topological polar surface area (TPSA) is 12.0 Å². The zero-order chi connectivity index (χ0) is 14.8. The van der Waals surface area contributed by atoms with Crippen LogP contribution in [0.1, 0.15) is 44.2 Å². The lowest BCUT2D eigenvalue weighted by Gasteiger charge is -2.32. The van der Waals surface area contributed by atoms with Crippen LogP contribution in [0.15, 0.2) is 24.3 Å². The van der Waals surface area contributed by atoms with Gasteiger partial charge in [-0.3, -0.25) is 0 Å². The van der Waals surface area contributed by atoms with E-state index in [4.69, 9.17) is 0 Å². The highest BCUT2D eigenvalue weighted by atomic mass is 19.4. The molecule has 1 heterocycles. The third-order valence-electron chi connectivity index (χ3n) is 3.98. The van der Waals surface area contributed by atoms with Crippen LogP contribution in [0.2, 0.25) is 0 Å². The van der Waals surface area contributed by atoms with Crippen molar-refractivity contribution in [1.29, 1.82) is 0 Å². The van der Waals surface area contributed by atoms with Gasteiger partial charge in [0, 0.05) is 5.54 Å². The Morgan fingerprint density at radius 3 is 2.50 bits per heavy atom. The van der Waals surface area contributed by atoms with Crippen LogP contribution in [0, 0.1) is 5.92 Å². The van der Waals surface area contributed by atoms with Crippen molar-refractivity contribution in [3.63, 3.8) is 0 Å². The number of hydrogen-bond acceptors (Lipinski definition) is 1. The summed E-state index contributed by atoms with van der Waals surface area (Å²) in [6.07, 6.45) is -0.896. The number of halogens is 3. The summed E-state index contributed by atoms with van der Waals surface area (Å²) in [6.45, 7) is 5.15. The van der Waals surface area contributed by atoms with E-state index in [9.17, 15) is 13.2 Å². The largest absolute Gasteiger partial charge is 0.416 e. The molecule has 0 spiro atoms. The minimum Gasteiger partial charge on any atom is -0.311 e. The minimum atomic E-state index is -4.27. The molecule has 1 atom stereocenters. The highest BCUT2D eigenvalue weighted by molar-refractivity contribution is 5.31. The van der Waals surface area contributed by atoms with Gasteiger partial charge >= 0.3 is 6.18 Å². The maximum atomic E-state index is 13.1. The second kappa shape index (κ2) is 5.76. The van der Waals surface area contributed by atoms with Gasteiger partial charge in [-0.1, -0.05) is 32.0 Å². The summed E-state index contributed by atoms with van der Waals surface area (Å²) >= 11 is 0. The molecule has 4 heteroatoms. The highest BCUT2D eigenvalue weighted by Gasteiger charge is 2.38. The van der Waals surface area contributed by atoms with Crippen molar-refractivity contribution in [3.05, 3.63) is 35.4 Å². The molecule has 0 aromatic heterocycles. The van der Waals surface area contributed by atoms with Gasteiger partial charge in [0.15, 0.2) is 0 Å². The smallest absolute Gasteiger partial charge is 0.311 e. The number of hydrogen-bond donors (Lipinski definition) is 1. The molecule has 1 nitrogen and oxygen atoms in total. The second-order valence-corrected chi connectivity index (χ2v) is 6.24. The maximum Gasteiger partial charge on any atom is 0.416 e. The Kier molecular flexibility index (Phi) is 4.43. The van der Waals surface area contributed by atoms with Crippen molar-refractivity contribution >= 4 is 0 Å². The van der Waals surface area contributed by atoms with Crippen LogP contribution < -0.4 is 5.32 Å². The molecule has 0 bridgehead atoms. The molecule has 1 aromatic rings. The summed E-state index contributed by atoms with van der Waals surface area (Å²) in [5.41, 5.74) is -0.248. The maximum absolute atomic E-state index is 13.1. The molecule has 0 radical (unpaired) electrons. The Labute approximate surface area is 118 Å². The molecule has 2 rings (SSSR count). The fourth-order valence-electron chi connectivity index (χ4n) is 3.36. The van der Waals surface area contributed by atoms with Crippen LogP contribution in [-0.4, -0.2) is 12.1 Å². The SMILES string of the molecule is CC(C)CC1(Cc2ccccc2C(F)(F)F)CCCN1. The molecule has 0 saturated carbocycles. The lowest BCUT2D eigenvalue weighted by molar-refractivity contribution is -0.138. The highest BCUT2D eigenvalue weighted by Crippen LogP contribution is 2.36. The van der Waals surface area contributed by atoms with Crippen molar-refractivity contribution in [2.45, 2.75) is 51.2 Å². The Hall–Kier alpha value is -1.03. The predicted molar refractivity (Wildman–Crippen MR) is 74.6 cm³/mol. The fraction of sp³-hybridized carbons (Fsp3) is 0.625. The van der Waals surface area contributed by atoms with E-state index in [2.05, 4.69) is 19.2 Å². The van der Waals surface area contributed by atoms with Crippen molar-refractivity contribution in [2.75, 3.05) is 6.54 Å². The van der Waals surface area contributed by atoms with Crippen LogP contribution in [0.25, 0.3) is 0 Å². The van der Waals surface area contributed by atoms with Gasteiger partial charge in [0.25, 0.3) is 0 Å². The average Bonchev–Trinajstić information content (AvgIpc) is 2.75. The first-order valence-electron chi connectivity index (χ1n) is 7.23. The van der Waals surface area contributed by atoms with E-state index in [1.807, 2.05) is 0 Å².